The molecule has 8 heteroatoms. The molecule has 1 atom stereocenters. The summed E-state index contributed by atoms with van der Waals surface area (Å²) in [6.45, 7) is 0. The van der Waals surface area contributed by atoms with Gasteiger partial charge in [0.15, 0.2) is 11.0 Å². The van der Waals surface area contributed by atoms with Crippen molar-refractivity contribution in [2.24, 2.45) is 10.2 Å². The quantitative estimate of drug-likeness (QED) is 0.505. The molecule has 3 rings (SSSR count). The van der Waals surface area contributed by atoms with E-state index in [0.29, 0.717) is 15.6 Å². The molecule has 24 heavy (non-hydrogen) atoms. The van der Waals surface area contributed by atoms with Gasteiger partial charge in [0.25, 0.3) is 0 Å². The lowest BCUT2D eigenvalue weighted by molar-refractivity contribution is -0.118. The molecule has 2 heterocycles. The first-order valence-corrected chi connectivity index (χ1v) is 8.78. The summed E-state index contributed by atoms with van der Waals surface area (Å²) in [5, 5.41) is 12.1. The third-order valence-electron chi connectivity index (χ3n) is 3.17. The predicted octanol–water partition coefficient (Wildman–Crippen LogP) is 3.08. The maximum Gasteiger partial charge on any atom is 0.240 e. The normalized spacial score (nSPS) is 19.1. The SMILES string of the molecule is O=C(CC1S/C(=N/N=C/c2ccc(F)cc2)NC1=O)c1cccs1. The van der Waals surface area contributed by atoms with Gasteiger partial charge in [-0.3, -0.25) is 9.59 Å². The van der Waals surface area contributed by atoms with Gasteiger partial charge >= 0.3 is 0 Å². The minimum Gasteiger partial charge on any atom is -0.303 e. The van der Waals surface area contributed by atoms with Crippen LogP contribution < -0.4 is 5.32 Å². The van der Waals surface area contributed by atoms with Gasteiger partial charge in [-0.15, -0.1) is 16.4 Å². The Hall–Kier alpha value is -2.32. The highest BCUT2D eigenvalue weighted by Crippen LogP contribution is 2.25. The molecule has 1 saturated heterocycles. The fourth-order valence-corrected chi connectivity index (χ4v) is 3.59. The zero-order valence-electron chi connectivity index (χ0n) is 12.3. The van der Waals surface area contributed by atoms with Gasteiger partial charge < -0.3 is 5.32 Å². The zero-order chi connectivity index (χ0) is 16.9. The lowest BCUT2D eigenvalue weighted by atomic mass is 10.2. The number of halogens is 1. The van der Waals surface area contributed by atoms with Crippen molar-refractivity contribution in [2.45, 2.75) is 11.7 Å². The van der Waals surface area contributed by atoms with E-state index in [2.05, 4.69) is 15.5 Å². The largest absolute Gasteiger partial charge is 0.303 e. The van der Waals surface area contributed by atoms with Gasteiger partial charge in [-0.1, -0.05) is 30.0 Å². The van der Waals surface area contributed by atoms with Crippen LogP contribution in [0.2, 0.25) is 0 Å². The standard InChI is InChI=1S/C16H12FN3O2S2/c17-11-5-3-10(4-6-11)9-18-20-16-19-15(22)14(24-16)8-12(21)13-2-1-7-23-13/h1-7,9,14H,8H2,(H,19,20,22)/b18-9+. The summed E-state index contributed by atoms with van der Waals surface area (Å²) in [5.41, 5.74) is 0.694. The molecule has 0 radical (unpaired) electrons. The first-order chi connectivity index (χ1) is 11.6. The van der Waals surface area contributed by atoms with Crippen molar-refractivity contribution in [2.75, 3.05) is 0 Å². The van der Waals surface area contributed by atoms with E-state index in [1.54, 1.807) is 24.3 Å². The fourth-order valence-electron chi connectivity index (χ4n) is 1.99. The highest BCUT2D eigenvalue weighted by molar-refractivity contribution is 8.15. The molecule has 1 aliphatic heterocycles. The molecule has 1 aromatic heterocycles. The van der Waals surface area contributed by atoms with Crippen molar-refractivity contribution in [3.8, 4) is 0 Å². The van der Waals surface area contributed by atoms with Gasteiger partial charge in [-0.05, 0) is 29.1 Å². The van der Waals surface area contributed by atoms with Gasteiger partial charge in [-0.2, -0.15) is 5.10 Å². The van der Waals surface area contributed by atoms with Crippen molar-refractivity contribution in [1.29, 1.82) is 0 Å². The number of amidine groups is 1. The molecule has 1 N–H and O–H groups in total. The van der Waals surface area contributed by atoms with Gasteiger partial charge in [0.05, 0.1) is 16.3 Å². The number of benzene rings is 1. The van der Waals surface area contributed by atoms with E-state index >= 15 is 0 Å². The number of rotatable bonds is 5. The Morgan fingerprint density at radius 3 is 2.79 bits per heavy atom. The monoisotopic (exact) mass is 361 g/mol. The van der Waals surface area contributed by atoms with Crippen LogP contribution in [0.3, 0.4) is 0 Å². The molecule has 0 bridgehead atoms. The molecule has 1 fully saturated rings. The van der Waals surface area contributed by atoms with Gasteiger partial charge in [0.1, 0.15) is 5.82 Å². The molecule has 5 nitrogen and oxygen atoms in total. The zero-order valence-corrected chi connectivity index (χ0v) is 13.9. The van der Waals surface area contributed by atoms with Crippen LogP contribution in [0.15, 0.2) is 52.0 Å². The lowest BCUT2D eigenvalue weighted by Crippen LogP contribution is -2.26. The molecule has 2 aromatic rings. The molecule has 1 aromatic carbocycles. The number of amides is 1. The summed E-state index contributed by atoms with van der Waals surface area (Å²) >= 11 is 2.54. The molecule has 1 amide bonds. The average molecular weight is 361 g/mol. The minimum atomic E-state index is -0.501. The number of nitrogens with zero attached hydrogens (tertiary/aromatic N) is 2. The summed E-state index contributed by atoms with van der Waals surface area (Å²) in [5.74, 6) is -0.635. The summed E-state index contributed by atoms with van der Waals surface area (Å²) in [6.07, 6.45) is 1.58. The number of hydrogen-bond donors (Lipinski definition) is 1. The molecular weight excluding hydrogens is 349 g/mol. The number of thioether (sulfide) groups is 1. The third kappa shape index (κ3) is 4.15. The highest BCUT2D eigenvalue weighted by Gasteiger charge is 2.32. The smallest absolute Gasteiger partial charge is 0.240 e. The van der Waals surface area contributed by atoms with Crippen LogP contribution in [0.5, 0.6) is 0 Å². The second kappa shape index (κ2) is 7.50. The Balaban J connectivity index is 1.59. The number of hydrogen-bond acceptors (Lipinski definition) is 6. The Morgan fingerprint density at radius 2 is 2.08 bits per heavy atom. The highest BCUT2D eigenvalue weighted by atomic mass is 32.2. The second-order valence-electron chi connectivity index (χ2n) is 4.90. The van der Waals surface area contributed by atoms with Crippen molar-refractivity contribution < 1.29 is 14.0 Å². The van der Waals surface area contributed by atoms with E-state index in [1.165, 1.54) is 41.4 Å². The molecule has 0 spiro atoms. The molecule has 1 unspecified atom stereocenters. The summed E-state index contributed by atoms with van der Waals surface area (Å²) < 4.78 is 12.8. The van der Waals surface area contributed by atoms with Crippen molar-refractivity contribution >= 4 is 46.2 Å². The van der Waals surface area contributed by atoms with E-state index < -0.39 is 5.25 Å². The van der Waals surface area contributed by atoms with Crippen LogP contribution in [-0.2, 0) is 4.79 Å². The number of ketones is 1. The molecule has 0 saturated carbocycles. The number of carbonyl (C=O) groups is 2. The van der Waals surface area contributed by atoms with Crippen molar-refractivity contribution in [3.63, 3.8) is 0 Å². The van der Waals surface area contributed by atoms with E-state index in [1.807, 2.05) is 5.38 Å². The minimum absolute atomic E-state index is 0.0614. The Labute approximate surface area is 145 Å². The van der Waals surface area contributed by atoms with Crippen LogP contribution in [0.4, 0.5) is 4.39 Å². The Kier molecular flexibility index (Phi) is 5.17. The molecule has 122 valence electrons. The van der Waals surface area contributed by atoms with E-state index in [-0.39, 0.29) is 23.9 Å². The number of carbonyl (C=O) groups excluding carboxylic acids is 2. The summed E-state index contributed by atoms with van der Waals surface area (Å²) in [7, 11) is 0. The second-order valence-corrected chi connectivity index (χ2v) is 7.04. The fraction of sp³-hybridized carbons (Fsp3) is 0.125. The third-order valence-corrected chi connectivity index (χ3v) is 5.15. The van der Waals surface area contributed by atoms with Crippen LogP contribution in [0.25, 0.3) is 0 Å². The lowest BCUT2D eigenvalue weighted by Gasteiger charge is -2.02. The predicted molar refractivity (Wildman–Crippen MR) is 94.2 cm³/mol. The van der Waals surface area contributed by atoms with E-state index in [0.717, 1.165) is 0 Å². The van der Waals surface area contributed by atoms with Gasteiger partial charge in [0, 0.05) is 6.42 Å². The Bertz CT molecular complexity index is 801. The van der Waals surface area contributed by atoms with Crippen molar-refractivity contribution in [1.82, 2.24) is 5.32 Å². The number of Topliss-reactive ketones (excluding diaryl/α,β-unsaturated/α-hetero) is 1. The van der Waals surface area contributed by atoms with Crippen LogP contribution in [0, 0.1) is 5.82 Å². The van der Waals surface area contributed by atoms with Gasteiger partial charge in [-0.25, -0.2) is 4.39 Å². The van der Waals surface area contributed by atoms with E-state index in [9.17, 15) is 14.0 Å². The van der Waals surface area contributed by atoms with Gasteiger partial charge in [0.2, 0.25) is 5.91 Å². The molecule has 0 aliphatic carbocycles. The summed E-state index contributed by atoms with van der Waals surface area (Å²) in [4.78, 5) is 24.6. The average Bonchev–Trinajstić information content (AvgIpc) is 3.20. The van der Waals surface area contributed by atoms with E-state index in [4.69, 9.17) is 0 Å². The first-order valence-electron chi connectivity index (χ1n) is 7.02. The number of thiophene rings is 1. The number of nitrogens with one attached hydrogen (secondary N) is 1. The van der Waals surface area contributed by atoms with Crippen LogP contribution in [-0.4, -0.2) is 28.3 Å². The Morgan fingerprint density at radius 1 is 1.29 bits per heavy atom. The molecular formula is C16H12FN3O2S2. The van der Waals surface area contributed by atoms with Crippen LogP contribution in [0.1, 0.15) is 21.7 Å². The first kappa shape index (κ1) is 16.5. The topological polar surface area (TPSA) is 70.9 Å². The maximum absolute atomic E-state index is 12.8. The summed E-state index contributed by atoms with van der Waals surface area (Å²) in [6, 6.07) is 9.34. The van der Waals surface area contributed by atoms with Crippen molar-refractivity contribution in [3.05, 3.63) is 58.0 Å². The molecule has 1 aliphatic rings. The maximum atomic E-state index is 12.8. The van der Waals surface area contributed by atoms with Crippen LogP contribution >= 0.6 is 23.1 Å².